The van der Waals surface area contributed by atoms with Crippen molar-refractivity contribution in [1.82, 2.24) is 20.0 Å². The minimum absolute atomic E-state index is 0.0625. The molecule has 3 heterocycles. The van der Waals surface area contributed by atoms with Gasteiger partial charge in [-0.2, -0.15) is 0 Å². The van der Waals surface area contributed by atoms with Gasteiger partial charge in [-0.25, -0.2) is 0 Å². The Kier molecular flexibility index (Phi) is 5.22. The van der Waals surface area contributed by atoms with Crippen molar-refractivity contribution in [3.05, 3.63) is 35.4 Å². The molecule has 1 N–H and O–H groups in total. The number of piperazine rings is 1. The Morgan fingerprint density at radius 3 is 2.33 bits per heavy atom. The number of carbonyl (C=O) groups excluding carboxylic acids is 3. The van der Waals surface area contributed by atoms with Crippen LogP contribution in [0.1, 0.15) is 35.2 Å². The third-order valence-corrected chi connectivity index (χ3v) is 5.81. The lowest BCUT2D eigenvalue weighted by Gasteiger charge is -2.32. The third-order valence-electron chi connectivity index (χ3n) is 5.81. The van der Waals surface area contributed by atoms with Crippen LogP contribution in [0.2, 0.25) is 0 Å². The van der Waals surface area contributed by atoms with Crippen LogP contribution in [0.4, 0.5) is 0 Å². The summed E-state index contributed by atoms with van der Waals surface area (Å²) >= 11 is 0. The summed E-state index contributed by atoms with van der Waals surface area (Å²) in [5, 5.41) is 3.37. The number of nitrogens with one attached hydrogen (secondary N) is 1. The zero-order chi connectivity index (χ0) is 18.8. The molecular weight excluding hydrogens is 344 g/mol. The van der Waals surface area contributed by atoms with Crippen LogP contribution < -0.4 is 5.32 Å². The monoisotopic (exact) mass is 370 g/mol. The van der Waals surface area contributed by atoms with Crippen LogP contribution in [0.25, 0.3) is 0 Å². The van der Waals surface area contributed by atoms with E-state index in [-0.39, 0.29) is 17.7 Å². The van der Waals surface area contributed by atoms with Crippen molar-refractivity contribution >= 4 is 17.7 Å². The molecule has 0 aromatic heterocycles. The van der Waals surface area contributed by atoms with Gasteiger partial charge in [-0.15, -0.1) is 0 Å². The highest BCUT2D eigenvalue weighted by molar-refractivity contribution is 6.01. The van der Waals surface area contributed by atoms with Crippen molar-refractivity contribution in [3.8, 4) is 0 Å². The molecule has 3 amide bonds. The number of amides is 3. The first-order valence-corrected chi connectivity index (χ1v) is 9.78. The van der Waals surface area contributed by atoms with Gasteiger partial charge in [-0.3, -0.25) is 24.2 Å². The van der Waals surface area contributed by atoms with E-state index in [0.717, 1.165) is 51.3 Å². The fraction of sp³-hybridized carbons (Fsp3) is 0.550. The molecule has 3 aliphatic heterocycles. The van der Waals surface area contributed by atoms with Crippen LogP contribution >= 0.6 is 0 Å². The van der Waals surface area contributed by atoms with E-state index >= 15 is 0 Å². The Morgan fingerprint density at radius 1 is 1.00 bits per heavy atom. The molecule has 144 valence electrons. The topological polar surface area (TPSA) is 73.0 Å². The maximum Gasteiger partial charge on any atom is 0.253 e. The van der Waals surface area contributed by atoms with Gasteiger partial charge in [0.1, 0.15) is 0 Å². The lowest BCUT2D eigenvalue weighted by molar-refractivity contribution is -0.139. The molecule has 0 spiro atoms. The van der Waals surface area contributed by atoms with Crippen LogP contribution in [0.5, 0.6) is 0 Å². The predicted molar refractivity (Wildman–Crippen MR) is 100.0 cm³/mol. The van der Waals surface area contributed by atoms with Gasteiger partial charge in [0.05, 0.1) is 6.54 Å². The van der Waals surface area contributed by atoms with Crippen LogP contribution in [-0.2, 0) is 16.1 Å². The average Bonchev–Trinajstić information content (AvgIpc) is 3.31. The molecule has 3 saturated heterocycles. The first-order valence-electron chi connectivity index (χ1n) is 9.78. The van der Waals surface area contributed by atoms with Crippen molar-refractivity contribution in [2.45, 2.75) is 31.8 Å². The molecule has 1 atom stereocenters. The van der Waals surface area contributed by atoms with Gasteiger partial charge < -0.3 is 10.2 Å². The van der Waals surface area contributed by atoms with Crippen LogP contribution in [-0.4, -0.2) is 77.7 Å². The summed E-state index contributed by atoms with van der Waals surface area (Å²) in [4.78, 5) is 42.0. The van der Waals surface area contributed by atoms with Crippen molar-refractivity contribution in [2.24, 2.45) is 0 Å². The summed E-state index contributed by atoms with van der Waals surface area (Å²) in [5.41, 5.74) is 1.54. The maximum atomic E-state index is 12.8. The molecule has 7 heteroatoms. The lowest BCUT2D eigenvalue weighted by atomic mass is 10.1. The van der Waals surface area contributed by atoms with E-state index in [1.165, 1.54) is 4.90 Å². The molecule has 3 aliphatic rings. The Morgan fingerprint density at radius 2 is 1.67 bits per heavy atom. The largest absolute Gasteiger partial charge is 0.337 e. The normalized spacial score (nSPS) is 24.1. The Labute approximate surface area is 159 Å². The first kappa shape index (κ1) is 18.1. The molecule has 0 radical (unpaired) electrons. The number of carbonyl (C=O) groups is 3. The summed E-state index contributed by atoms with van der Waals surface area (Å²) in [6.07, 6.45) is 1.64. The molecule has 4 rings (SSSR count). The van der Waals surface area contributed by atoms with E-state index in [1.54, 1.807) is 12.1 Å². The van der Waals surface area contributed by atoms with Gasteiger partial charge in [-0.1, -0.05) is 12.1 Å². The van der Waals surface area contributed by atoms with E-state index in [4.69, 9.17) is 0 Å². The Bertz CT molecular complexity index is 711. The van der Waals surface area contributed by atoms with Gasteiger partial charge in [0.2, 0.25) is 11.8 Å². The quantitative estimate of drug-likeness (QED) is 0.780. The molecule has 27 heavy (non-hydrogen) atoms. The molecule has 1 aromatic carbocycles. The Balaban J connectivity index is 1.35. The fourth-order valence-electron chi connectivity index (χ4n) is 4.19. The van der Waals surface area contributed by atoms with E-state index in [1.807, 2.05) is 17.0 Å². The highest BCUT2D eigenvalue weighted by Gasteiger charge is 2.32. The molecule has 0 aliphatic carbocycles. The van der Waals surface area contributed by atoms with Crippen LogP contribution in [0.15, 0.2) is 24.3 Å². The second-order valence-corrected chi connectivity index (χ2v) is 7.55. The zero-order valence-corrected chi connectivity index (χ0v) is 15.5. The van der Waals surface area contributed by atoms with Crippen LogP contribution in [0.3, 0.4) is 0 Å². The van der Waals surface area contributed by atoms with E-state index in [2.05, 4.69) is 10.2 Å². The smallest absolute Gasteiger partial charge is 0.253 e. The van der Waals surface area contributed by atoms with E-state index in [9.17, 15) is 14.4 Å². The predicted octanol–water partition coefficient (Wildman–Crippen LogP) is 0.455. The second-order valence-electron chi connectivity index (χ2n) is 7.55. The highest BCUT2D eigenvalue weighted by Crippen LogP contribution is 2.20. The minimum Gasteiger partial charge on any atom is -0.337 e. The number of nitrogens with zero attached hydrogens (tertiary/aromatic N) is 3. The summed E-state index contributed by atoms with van der Waals surface area (Å²) in [5.74, 6) is -0.167. The second kappa shape index (κ2) is 7.78. The van der Waals surface area contributed by atoms with Gasteiger partial charge in [0.15, 0.2) is 0 Å². The third kappa shape index (κ3) is 3.89. The molecule has 1 aromatic rings. The molecule has 1 unspecified atom stereocenters. The van der Waals surface area contributed by atoms with Gasteiger partial charge in [-0.05, 0) is 24.1 Å². The first-order chi connectivity index (χ1) is 13.1. The molecule has 3 fully saturated rings. The van der Waals surface area contributed by atoms with Gasteiger partial charge >= 0.3 is 0 Å². The molecule has 7 nitrogen and oxygen atoms in total. The van der Waals surface area contributed by atoms with E-state index in [0.29, 0.717) is 31.0 Å². The average molecular weight is 370 g/mol. The van der Waals surface area contributed by atoms with Gasteiger partial charge in [0, 0.05) is 63.7 Å². The fourth-order valence-corrected chi connectivity index (χ4v) is 4.19. The number of likely N-dealkylation sites (tertiary alicyclic amines) is 2. The Hall–Kier alpha value is -2.25. The summed E-state index contributed by atoms with van der Waals surface area (Å²) < 4.78 is 0. The summed E-state index contributed by atoms with van der Waals surface area (Å²) in [6, 6.07) is 7.76. The lowest BCUT2D eigenvalue weighted by Crippen LogP contribution is -2.49. The summed E-state index contributed by atoms with van der Waals surface area (Å²) in [7, 11) is 0. The maximum absolute atomic E-state index is 12.8. The zero-order valence-electron chi connectivity index (χ0n) is 15.5. The number of hydrogen-bond donors (Lipinski definition) is 1. The summed E-state index contributed by atoms with van der Waals surface area (Å²) in [6.45, 7) is 6.02. The number of hydrogen-bond acceptors (Lipinski definition) is 5. The van der Waals surface area contributed by atoms with Crippen molar-refractivity contribution in [3.63, 3.8) is 0 Å². The van der Waals surface area contributed by atoms with Crippen molar-refractivity contribution < 1.29 is 14.4 Å². The molecule has 0 saturated carbocycles. The number of rotatable bonds is 4. The number of benzene rings is 1. The van der Waals surface area contributed by atoms with E-state index < -0.39 is 0 Å². The SMILES string of the molecule is O=C(c1ccc(CN2C(=O)CCC2=O)cc1)N1CCC(N2CCNCC2)C1. The minimum atomic E-state index is -0.115. The van der Waals surface area contributed by atoms with Crippen LogP contribution in [0, 0.1) is 0 Å². The van der Waals surface area contributed by atoms with Crippen molar-refractivity contribution in [2.75, 3.05) is 39.3 Å². The highest BCUT2D eigenvalue weighted by atomic mass is 16.2. The standard InChI is InChI=1S/C20H26N4O3/c25-18-5-6-19(26)24(18)13-15-1-3-16(4-2-15)20(27)23-10-7-17(14-23)22-11-8-21-9-12-22/h1-4,17,21H,5-14H2. The molecule has 0 bridgehead atoms. The molecular formula is C20H26N4O3. The van der Waals surface area contributed by atoms with Gasteiger partial charge in [0.25, 0.3) is 5.91 Å². The van der Waals surface area contributed by atoms with Crippen molar-refractivity contribution in [1.29, 1.82) is 0 Å². The number of imide groups is 1.